The highest BCUT2D eigenvalue weighted by Crippen LogP contribution is 2.21. The van der Waals surface area contributed by atoms with Gasteiger partial charge in [0.1, 0.15) is 18.0 Å². The summed E-state index contributed by atoms with van der Waals surface area (Å²) in [6.07, 6.45) is 2.73. The minimum atomic E-state index is -2.88. The summed E-state index contributed by atoms with van der Waals surface area (Å²) in [4.78, 5) is 8.05. The van der Waals surface area contributed by atoms with E-state index in [1.54, 1.807) is 0 Å². The Labute approximate surface area is 101 Å². The van der Waals surface area contributed by atoms with Crippen molar-refractivity contribution < 1.29 is 8.42 Å². The normalized spacial score (nSPS) is 22.5. The molecule has 0 radical (unpaired) electrons. The molecule has 0 amide bonds. The van der Waals surface area contributed by atoms with Crippen molar-refractivity contribution in [2.45, 2.75) is 25.8 Å². The Balaban J connectivity index is 2.17. The number of aromatic nitrogens is 2. The topological polar surface area (TPSA) is 98.0 Å². The smallest absolute Gasteiger partial charge is 0.152 e. The third-order valence-electron chi connectivity index (χ3n) is 2.91. The predicted octanol–water partition coefficient (Wildman–Crippen LogP) is 0.220. The molecule has 0 saturated carbocycles. The first-order valence-corrected chi connectivity index (χ1v) is 7.40. The van der Waals surface area contributed by atoms with Crippen LogP contribution in [0.25, 0.3) is 0 Å². The summed E-state index contributed by atoms with van der Waals surface area (Å²) in [6.45, 7) is 1.96. The highest BCUT2D eigenvalue weighted by molar-refractivity contribution is 7.91. The summed E-state index contributed by atoms with van der Waals surface area (Å²) in [5.74, 6) is 1.51. The SMILES string of the molecule is CCc1c(N)ncnc1NC1CCS(=O)(=O)C1. The van der Waals surface area contributed by atoms with Crippen LogP contribution >= 0.6 is 0 Å². The van der Waals surface area contributed by atoms with Gasteiger partial charge in [-0.25, -0.2) is 18.4 Å². The maximum absolute atomic E-state index is 11.4. The second-order valence-electron chi connectivity index (χ2n) is 4.18. The Morgan fingerprint density at radius 2 is 2.29 bits per heavy atom. The van der Waals surface area contributed by atoms with Crippen molar-refractivity contribution in [2.75, 3.05) is 22.6 Å². The molecular weight excluding hydrogens is 240 g/mol. The highest BCUT2D eigenvalue weighted by Gasteiger charge is 2.28. The molecule has 2 rings (SSSR count). The maximum Gasteiger partial charge on any atom is 0.152 e. The van der Waals surface area contributed by atoms with Crippen LogP contribution in [0.2, 0.25) is 0 Å². The molecule has 0 spiro atoms. The van der Waals surface area contributed by atoms with E-state index in [0.29, 0.717) is 24.5 Å². The lowest BCUT2D eigenvalue weighted by atomic mass is 10.2. The fourth-order valence-electron chi connectivity index (χ4n) is 2.00. The van der Waals surface area contributed by atoms with Crippen LogP contribution < -0.4 is 11.1 Å². The molecule has 1 aromatic rings. The molecular formula is C10H16N4O2S. The van der Waals surface area contributed by atoms with Gasteiger partial charge in [-0.1, -0.05) is 6.92 Å². The summed E-state index contributed by atoms with van der Waals surface area (Å²) in [5, 5.41) is 3.15. The van der Waals surface area contributed by atoms with E-state index in [2.05, 4.69) is 15.3 Å². The van der Waals surface area contributed by atoms with Crippen molar-refractivity contribution in [1.29, 1.82) is 0 Å². The minimum absolute atomic E-state index is 0.0698. The lowest BCUT2D eigenvalue weighted by Crippen LogP contribution is -2.22. The van der Waals surface area contributed by atoms with E-state index < -0.39 is 9.84 Å². The molecule has 0 aromatic carbocycles. The molecule has 17 heavy (non-hydrogen) atoms. The van der Waals surface area contributed by atoms with Crippen LogP contribution in [0, 0.1) is 0 Å². The molecule has 1 fully saturated rings. The number of nitrogens with two attached hydrogens (primary N) is 1. The Morgan fingerprint density at radius 1 is 1.53 bits per heavy atom. The number of anilines is 2. The van der Waals surface area contributed by atoms with Crippen LogP contribution in [-0.2, 0) is 16.3 Å². The van der Waals surface area contributed by atoms with Crippen molar-refractivity contribution in [2.24, 2.45) is 0 Å². The summed E-state index contributed by atoms with van der Waals surface area (Å²) in [5.41, 5.74) is 6.59. The average Bonchev–Trinajstić information content (AvgIpc) is 2.58. The number of hydrogen-bond acceptors (Lipinski definition) is 6. The van der Waals surface area contributed by atoms with Crippen LogP contribution in [0.1, 0.15) is 18.9 Å². The van der Waals surface area contributed by atoms with Gasteiger partial charge < -0.3 is 11.1 Å². The third-order valence-corrected chi connectivity index (χ3v) is 4.67. The molecule has 6 nitrogen and oxygen atoms in total. The van der Waals surface area contributed by atoms with Gasteiger partial charge in [-0.3, -0.25) is 0 Å². The zero-order valence-electron chi connectivity index (χ0n) is 9.68. The molecule has 1 atom stereocenters. The fraction of sp³-hybridized carbons (Fsp3) is 0.600. The molecule has 1 aliphatic rings. The summed E-state index contributed by atoms with van der Waals surface area (Å²) >= 11 is 0. The van der Waals surface area contributed by atoms with Gasteiger partial charge in [-0.15, -0.1) is 0 Å². The van der Waals surface area contributed by atoms with E-state index in [4.69, 9.17) is 5.73 Å². The molecule has 1 aromatic heterocycles. The van der Waals surface area contributed by atoms with Gasteiger partial charge in [0.15, 0.2) is 9.84 Å². The molecule has 7 heteroatoms. The molecule has 1 saturated heterocycles. The molecule has 94 valence electrons. The van der Waals surface area contributed by atoms with Crippen LogP contribution in [0.3, 0.4) is 0 Å². The zero-order chi connectivity index (χ0) is 12.5. The molecule has 0 bridgehead atoms. The van der Waals surface area contributed by atoms with Crippen molar-refractivity contribution in [1.82, 2.24) is 9.97 Å². The quantitative estimate of drug-likeness (QED) is 0.802. The third kappa shape index (κ3) is 2.66. The fourth-order valence-corrected chi connectivity index (χ4v) is 3.67. The van der Waals surface area contributed by atoms with Crippen LogP contribution in [0.15, 0.2) is 6.33 Å². The average molecular weight is 256 g/mol. The minimum Gasteiger partial charge on any atom is -0.383 e. The summed E-state index contributed by atoms with van der Waals surface area (Å²) in [7, 11) is -2.88. The van der Waals surface area contributed by atoms with Crippen molar-refractivity contribution in [3.8, 4) is 0 Å². The van der Waals surface area contributed by atoms with E-state index in [1.165, 1.54) is 6.33 Å². The van der Waals surface area contributed by atoms with Gasteiger partial charge in [-0.2, -0.15) is 0 Å². The lowest BCUT2D eigenvalue weighted by molar-refractivity contribution is 0.602. The number of hydrogen-bond donors (Lipinski definition) is 2. The van der Waals surface area contributed by atoms with E-state index in [-0.39, 0.29) is 17.5 Å². The van der Waals surface area contributed by atoms with E-state index >= 15 is 0 Å². The van der Waals surface area contributed by atoms with Crippen molar-refractivity contribution in [3.63, 3.8) is 0 Å². The van der Waals surface area contributed by atoms with E-state index in [0.717, 1.165) is 5.56 Å². The first-order valence-electron chi connectivity index (χ1n) is 5.58. The molecule has 0 aliphatic carbocycles. The largest absolute Gasteiger partial charge is 0.383 e. The summed E-state index contributed by atoms with van der Waals surface area (Å²) in [6, 6.07) is -0.0698. The second kappa shape index (κ2) is 4.48. The van der Waals surface area contributed by atoms with Gasteiger partial charge in [0.05, 0.1) is 11.5 Å². The molecule has 1 unspecified atom stereocenters. The summed E-state index contributed by atoms with van der Waals surface area (Å²) < 4.78 is 22.7. The van der Waals surface area contributed by atoms with Gasteiger partial charge in [-0.05, 0) is 12.8 Å². The maximum atomic E-state index is 11.4. The Hall–Kier alpha value is -1.37. The first kappa shape index (κ1) is 12.1. The number of nitrogens with one attached hydrogen (secondary N) is 1. The van der Waals surface area contributed by atoms with Crippen LogP contribution in [0.4, 0.5) is 11.6 Å². The second-order valence-corrected chi connectivity index (χ2v) is 6.41. The first-order chi connectivity index (χ1) is 8.02. The van der Waals surface area contributed by atoms with Crippen LogP contribution in [-0.4, -0.2) is 35.9 Å². The Kier molecular flexibility index (Phi) is 3.19. The lowest BCUT2D eigenvalue weighted by Gasteiger charge is -2.15. The number of rotatable bonds is 3. The van der Waals surface area contributed by atoms with Crippen LogP contribution in [0.5, 0.6) is 0 Å². The molecule has 1 aliphatic heterocycles. The van der Waals surface area contributed by atoms with E-state index in [9.17, 15) is 8.42 Å². The number of nitrogen functional groups attached to an aromatic ring is 1. The van der Waals surface area contributed by atoms with Gasteiger partial charge in [0.25, 0.3) is 0 Å². The van der Waals surface area contributed by atoms with Crippen molar-refractivity contribution in [3.05, 3.63) is 11.9 Å². The number of sulfone groups is 1. The monoisotopic (exact) mass is 256 g/mol. The molecule has 3 N–H and O–H groups in total. The van der Waals surface area contributed by atoms with Gasteiger partial charge >= 0.3 is 0 Å². The highest BCUT2D eigenvalue weighted by atomic mass is 32.2. The Bertz CT molecular complexity index is 515. The molecule has 2 heterocycles. The van der Waals surface area contributed by atoms with Crippen molar-refractivity contribution >= 4 is 21.5 Å². The standard InChI is InChI=1S/C10H16N4O2S/c1-2-8-9(11)12-6-13-10(8)14-7-3-4-17(15,16)5-7/h6-7H,2-5H2,1H3,(H3,11,12,13,14). The Morgan fingerprint density at radius 3 is 2.88 bits per heavy atom. The van der Waals surface area contributed by atoms with Gasteiger partial charge in [0.2, 0.25) is 0 Å². The zero-order valence-corrected chi connectivity index (χ0v) is 10.5. The van der Waals surface area contributed by atoms with E-state index in [1.807, 2.05) is 6.92 Å². The number of nitrogens with zero attached hydrogens (tertiary/aromatic N) is 2. The van der Waals surface area contributed by atoms with Gasteiger partial charge in [0, 0.05) is 11.6 Å². The predicted molar refractivity (Wildman–Crippen MR) is 66.5 cm³/mol.